The Morgan fingerprint density at radius 3 is 1.71 bits per heavy atom. The lowest BCUT2D eigenvalue weighted by atomic mass is 10.2. The predicted octanol–water partition coefficient (Wildman–Crippen LogP) is 6.03. The smallest absolute Gasteiger partial charge is 0.253 e. The average molecular weight is 577 g/mol. The molecule has 8 nitrogen and oxygen atoms in total. The Morgan fingerprint density at radius 1 is 0.659 bits per heavy atom. The fourth-order valence-corrected chi connectivity index (χ4v) is 7.17. The number of nitrogens with zero attached hydrogens (tertiary/aromatic N) is 5. The third-order valence-corrected chi connectivity index (χ3v) is 9.13. The van der Waals surface area contributed by atoms with Crippen molar-refractivity contribution < 1.29 is 9.59 Å². The molecule has 41 heavy (non-hydrogen) atoms. The van der Waals surface area contributed by atoms with Crippen molar-refractivity contribution in [1.29, 1.82) is 0 Å². The number of carbonyl (C=O) groups excluding carboxylic acids is 2. The van der Waals surface area contributed by atoms with Gasteiger partial charge in [0.15, 0.2) is 0 Å². The zero-order chi connectivity index (χ0) is 27.8. The van der Waals surface area contributed by atoms with Crippen molar-refractivity contribution in [3.63, 3.8) is 0 Å². The highest BCUT2D eigenvalue weighted by Gasteiger charge is 2.28. The molecule has 2 aliphatic rings. The van der Waals surface area contributed by atoms with Gasteiger partial charge in [0.25, 0.3) is 5.91 Å². The first kappa shape index (κ1) is 25.4. The molecule has 1 N–H and O–H groups in total. The van der Waals surface area contributed by atoms with Gasteiger partial charge in [-0.05, 0) is 48.5 Å². The van der Waals surface area contributed by atoms with Gasteiger partial charge in [0, 0.05) is 19.6 Å². The van der Waals surface area contributed by atoms with E-state index in [0.29, 0.717) is 5.69 Å². The van der Waals surface area contributed by atoms with E-state index < -0.39 is 0 Å². The topological polar surface area (TPSA) is 83.4 Å². The van der Waals surface area contributed by atoms with E-state index in [9.17, 15) is 9.59 Å². The summed E-state index contributed by atoms with van der Waals surface area (Å²) in [5.74, 6) is -0.253. The molecule has 0 atom stereocenters. The first-order valence-corrected chi connectivity index (χ1v) is 14.8. The van der Waals surface area contributed by atoms with Gasteiger partial charge < -0.3 is 10.2 Å². The van der Waals surface area contributed by atoms with Gasteiger partial charge in [-0.1, -0.05) is 77.3 Å². The van der Waals surface area contributed by atoms with Crippen molar-refractivity contribution in [3.05, 3.63) is 109 Å². The second-order valence-corrected chi connectivity index (χ2v) is 11.7. The minimum absolute atomic E-state index is 0.0211. The number of para-hydroxylation sites is 4. The summed E-state index contributed by atoms with van der Waals surface area (Å²) in [5.41, 5.74) is 4.31. The highest BCUT2D eigenvalue weighted by atomic mass is 32.2. The van der Waals surface area contributed by atoms with Gasteiger partial charge in [-0.2, -0.15) is 0 Å². The van der Waals surface area contributed by atoms with Crippen LogP contribution in [0.25, 0.3) is 0 Å². The number of hydrogen-bond acceptors (Lipinski definition) is 7. The zero-order valence-corrected chi connectivity index (χ0v) is 23.4. The lowest BCUT2D eigenvalue weighted by Crippen LogP contribution is -2.35. The average Bonchev–Trinajstić information content (AvgIpc) is 3.45. The van der Waals surface area contributed by atoms with Crippen molar-refractivity contribution >= 4 is 58.1 Å². The highest BCUT2D eigenvalue weighted by Crippen LogP contribution is 2.49. The summed E-state index contributed by atoms with van der Waals surface area (Å²) in [6.45, 7) is 0.408. The maximum Gasteiger partial charge on any atom is 0.253 e. The molecule has 0 fully saturated rings. The largest absolute Gasteiger partial charge is 0.349 e. The second kappa shape index (κ2) is 10.8. The summed E-state index contributed by atoms with van der Waals surface area (Å²) in [6.07, 6.45) is 1.71. The summed E-state index contributed by atoms with van der Waals surface area (Å²) < 4.78 is 1.52. The minimum atomic E-state index is -0.133. The van der Waals surface area contributed by atoms with Crippen LogP contribution in [0.3, 0.4) is 0 Å². The predicted molar refractivity (Wildman–Crippen MR) is 160 cm³/mol. The fraction of sp³-hybridized carbons (Fsp3) is 0.0968. The van der Waals surface area contributed by atoms with Crippen LogP contribution in [0.5, 0.6) is 0 Å². The van der Waals surface area contributed by atoms with E-state index in [2.05, 4.69) is 27.8 Å². The molecule has 0 spiro atoms. The number of hydrogen-bond donors (Lipinski definition) is 1. The Bertz CT molecular complexity index is 1700. The molecule has 2 aliphatic heterocycles. The molecule has 7 rings (SSSR count). The first-order valence-electron chi connectivity index (χ1n) is 13.1. The van der Waals surface area contributed by atoms with E-state index in [-0.39, 0.29) is 31.4 Å². The van der Waals surface area contributed by atoms with Crippen molar-refractivity contribution in [1.82, 2.24) is 20.3 Å². The summed E-state index contributed by atoms with van der Waals surface area (Å²) in [6, 6.07) is 32.0. The monoisotopic (exact) mass is 576 g/mol. The molecule has 3 heterocycles. The Hall–Kier alpha value is -4.54. The lowest BCUT2D eigenvalue weighted by molar-refractivity contribution is -0.120. The van der Waals surface area contributed by atoms with Crippen LogP contribution in [0.15, 0.2) is 123 Å². The number of nitrogens with one attached hydrogen (secondary N) is 1. The SMILES string of the molecule is O=C(CN1c2ccccc2Sc2ccccc21)NCc1cn(CC(=O)N2c3ccccc3Sc3ccccc32)nn1. The van der Waals surface area contributed by atoms with Gasteiger partial charge in [0.1, 0.15) is 18.8 Å². The van der Waals surface area contributed by atoms with Crippen LogP contribution in [0.4, 0.5) is 22.7 Å². The summed E-state index contributed by atoms with van der Waals surface area (Å²) >= 11 is 3.36. The second-order valence-electron chi connectivity index (χ2n) is 9.57. The molecule has 202 valence electrons. The molecular formula is C31H24N6O2S2. The van der Waals surface area contributed by atoms with Gasteiger partial charge in [-0.25, -0.2) is 4.68 Å². The van der Waals surface area contributed by atoms with Gasteiger partial charge in [0.05, 0.1) is 35.5 Å². The van der Waals surface area contributed by atoms with Crippen LogP contribution in [0.1, 0.15) is 5.69 Å². The van der Waals surface area contributed by atoms with Crippen LogP contribution in [-0.4, -0.2) is 33.4 Å². The number of aromatic nitrogens is 3. The minimum Gasteiger partial charge on any atom is -0.349 e. The van der Waals surface area contributed by atoms with Crippen molar-refractivity contribution in [2.45, 2.75) is 32.7 Å². The molecule has 5 aromatic rings. The summed E-state index contributed by atoms with van der Waals surface area (Å²) in [5, 5.41) is 11.3. The third-order valence-electron chi connectivity index (χ3n) is 6.87. The van der Waals surface area contributed by atoms with E-state index in [0.717, 1.165) is 42.3 Å². The van der Waals surface area contributed by atoms with E-state index in [4.69, 9.17) is 0 Å². The number of amides is 2. The van der Waals surface area contributed by atoms with Gasteiger partial charge in [-0.3, -0.25) is 14.5 Å². The highest BCUT2D eigenvalue weighted by molar-refractivity contribution is 8.00. The molecule has 10 heteroatoms. The Balaban J connectivity index is 1.02. The van der Waals surface area contributed by atoms with Crippen molar-refractivity contribution in [2.75, 3.05) is 16.3 Å². The molecule has 0 unspecified atom stereocenters. The first-order chi connectivity index (χ1) is 20.1. The molecule has 1 aromatic heterocycles. The fourth-order valence-electron chi connectivity index (χ4n) is 5.02. The number of anilines is 4. The van der Waals surface area contributed by atoms with Crippen LogP contribution >= 0.6 is 23.5 Å². The van der Waals surface area contributed by atoms with Gasteiger partial charge in [-0.15, -0.1) is 5.10 Å². The number of benzene rings is 4. The quantitative estimate of drug-likeness (QED) is 0.264. The van der Waals surface area contributed by atoms with Crippen LogP contribution < -0.4 is 15.1 Å². The molecule has 0 aliphatic carbocycles. The number of rotatable bonds is 6. The Kier molecular flexibility index (Phi) is 6.69. The van der Waals surface area contributed by atoms with E-state index in [1.54, 1.807) is 34.6 Å². The zero-order valence-electron chi connectivity index (χ0n) is 21.8. The van der Waals surface area contributed by atoms with Gasteiger partial charge >= 0.3 is 0 Å². The van der Waals surface area contributed by atoms with Crippen LogP contribution in [-0.2, 0) is 22.7 Å². The molecule has 0 saturated heterocycles. The van der Waals surface area contributed by atoms with E-state index in [1.165, 1.54) is 4.68 Å². The normalized spacial score (nSPS) is 13.1. The summed E-state index contributed by atoms with van der Waals surface area (Å²) in [4.78, 5) is 34.7. The molecule has 0 radical (unpaired) electrons. The maximum absolute atomic E-state index is 13.5. The molecular weight excluding hydrogens is 553 g/mol. The Labute approximate surface area is 245 Å². The lowest BCUT2D eigenvalue weighted by Gasteiger charge is -2.32. The third kappa shape index (κ3) is 4.96. The number of fused-ring (bicyclic) bond motifs is 4. The Morgan fingerprint density at radius 2 is 1.15 bits per heavy atom. The van der Waals surface area contributed by atoms with E-state index in [1.807, 2.05) is 89.8 Å². The number of carbonyl (C=O) groups is 2. The van der Waals surface area contributed by atoms with Crippen LogP contribution in [0, 0.1) is 0 Å². The summed E-state index contributed by atoms with van der Waals surface area (Å²) in [7, 11) is 0. The molecule has 0 bridgehead atoms. The molecule has 0 saturated carbocycles. The van der Waals surface area contributed by atoms with Crippen molar-refractivity contribution in [3.8, 4) is 0 Å². The van der Waals surface area contributed by atoms with E-state index >= 15 is 0 Å². The standard InChI is InChI=1S/C31H24N6O2S2/c38-30(19-36-22-9-1-5-13-26(22)40-27-14-6-2-10-23(27)36)32-17-21-18-35(34-33-21)20-31(39)37-24-11-3-7-15-28(24)41-29-16-8-4-12-25(29)37/h1-16,18H,17,19-20H2,(H,32,38). The maximum atomic E-state index is 13.5. The molecule has 2 amide bonds. The van der Waals surface area contributed by atoms with Gasteiger partial charge in [0.2, 0.25) is 5.91 Å². The van der Waals surface area contributed by atoms with Crippen LogP contribution in [0.2, 0.25) is 0 Å². The molecule has 4 aromatic carbocycles. The van der Waals surface area contributed by atoms with Crippen molar-refractivity contribution in [2.24, 2.45) is 0 Å².